The summed E-state index contributed by atoms with van der Waals surface area (Å²) in [6.07, 6.45) is 0.818. The highest BCUT2D eigenvalue weighted by atomic mass is 16.5. The molecule has 0 bridgehead atoms. The van der Waals surface area contributed by atoms with Gasteiger partial charge in [0, 0.05) is 18.7 Å². The lowest BCUT2D eigenvalue weighted by Gasteiger charge is -2.15. The molecule has 1 atom stereocenters. The molecular weight excluding hydrogens is 272 g/mol. The van der Waals surface area contributed by atoms with Gasteiger partial charge in [0.05, 0.1) is 5.92 Å². The molecule has 0 spiro atoms. The first kappa shape index (κ1) is 15.3. The third-order valence-electron chi connectivity index (χ3n) is 3.60. The van der Waals surface area contributed by atoms with Crippen molar-refractivity contribution in [3.8, 4) is 5.75 Å². The zero-order valence-corrected chi connectivity index (χ0v) is 11.7. The highest BCUT2D eigenvalue weighted by Gasteiger charge is 2.26. The van der Waals surface area contributed by atoms with Crippen LogP contribution in [0.5, 0.6) is 5.75 Å². The summed E-state index contributed by atoms with van der Waals surface area (Å²) in [4.78, 5) is 24.5. The van der Waals surface area contributed by atoms with Gasteiger partial charge in [0.15, 0.2) is 0 Å². The maximum absolute atomic E-state index is 11.3. The van der Waals surface area contributed by atoms with Crippen molar-refractivity contribution in [3.63, 3.8) is 0 Å². The van der Waals surface area contributed by atoms with Crippen molar-refractivity contribution in [1.82, 2.24) is 10.3 Å². The molecule has 1 fully saturated rings. The fourth-order valence-corrected chi connectivity index (χ4v) is 2.35. The summed E-state index contributed by atoms with van der Waals surface area (Å²) >= 11 is 0. The van der Waals surface area contributed by atoms with Gasteiger partial charge in [-0.15, -0.1) is 0 Å². The maximum atomic E-state index is 11.3. The normalized spacial score (nSPS) is 18.4. The third-order valence-corrected chi connectivity index (χ3v) is 3.60. The Morgan fingerprint density at radius 3 is 2.62 bits per heavy atom. The van der Waals surface area contributed by atoms with Crippen molar-refractivity contribution in [1.29, 1.82) is 0 Å². The average molecular weight is 292 g/mol. The molecule has 1 aliphatic rings. The lowest BCUT2D eigenvalue weighted by molar-refractivity contribution is -0.121. The van der Waals surface area contributed by atoms with Gasteiger partial charge < -0.3 is 10.5 Å². The number of rotatable bonds is 6. The number of benzene rings is 1. The molecule has 1 aromatic rings. The van der Waals surface area contributed by atoms with Crippen LogP contribution in [-0.2, 0) is 4.79 Å². The predicted octanol–water partition coefficient (Wildman–Crippen LogP) is -0.524. The Morgan fingerprint density at radius 2 is 2.05 bits per heavy atom. The van der Waals surface area contributed by atoms with Crippen molar-refractivity contribution >= 4 is 11.8 Å². The second kappa shape index (κ2) is 7.05. The third kappa shape index (κ3) is 4.17. The second-order valence-corrected chi connectivity index (χ2v) is 5.03. The Morgan fingerprint density at radius 1 is 1.33 bits per heavy atom. The molecule has 21 heavy (non-hydrogen) atoms. The highest BCUT2D eigenvalue weighted by Crippen LogP contribution is 2.16. The van der Waals surface area contributed by atoms with Crippen LogP contribution >= 0.6 is 0 Å². The van der Waals surface area contributed by atoms with E-state index in [9.17, 15) is 9.59 Å². The molecule has 0 aromatic heterocycles. The van der Waals surface area contributed by atoms with Crippen LogP contribution in [0.15, 0.2) is 24.3 Å². The molecule has 1 aliphatic heterocycles. The first-order valence-electron chi connectivity index (χ1n) is 6.85. The van der Waals surface area contributed by atoms with Crippen LogP contribution in [0.1, 0.15) is 16.8 Å². The topological polar surface area (TPSA) is 111 Å². The molecule has 1 unspecified atom stereocenters. The Hall–Kier alpha value is -2.12. The van der Waals surface area contributed by atoms with Gasteiger partial charge in [0.1, 0.15) is 12.4 Å². The maximum Gasteiger partial charge on any atom is 0.265 e. The Bertz CT molecular complexity index is 503. The first-order chi connectivity index (χ1) is 10.1. The minimum atomic E-state index is -0.337. The van der Waals surface area contributed by atoms with Crippen molar-refractivity contribution in [2.45, 2.75) is 6.42 Å². The van der Waals surface area contributed by atoms with E-state index in [1.165, 1.54) is 0 Å². The van der Waals surface area contributed by atoms with E-state index in [-0.39, 0.29) is 17.7 Å². The number of nitrogens with zero attached hydrogens (tertiary/aromatic N) is 1. The van der Waals surface area contributed by atoms with E-state index in [1.807, 2.05) is 0 Å². The summed E-state index contributed by atoms with van der Waals surface area (Å²) in [6, 6.07) is 6.74. The largest absolute Gasteiger partial charge is 0.492 e. The summed E-state index contributed by atoms with van der Waals surface area (Å²) in [6.45, 7) is 2.84. The number of hydrazine groups is 1. The number of hydrogen-bond donors (Lipinski definition) is 3. The zero-order chi connectivity index (χ0) is 15.2. The van der Waals surface area contributed by atoms with Crippen LogP contribution in [0.3, 0.4) is 0 Å². The number of nitrogens with one attached hydrogen (secondary N) is 1. The summed E-state index contributed by atoms with van der Waals surface area (Å²) < 4.78 is 5.61. The second-order valence-electron chi connectivity index (χ2n) is 5.03. The van der Waals surface area contributed by atoms with E-state index < -0.39 is 0 Å². The molecule has 1 aromatic carbocycles. The highest BCUT2D eigenvalue weighted by molar-refractivity contribution is 5.93. The smallest absolute Gasteiger partial charge is 0.265 e. The monoisotopic (exact) mass is 292 g/mol. The van der Waals surface area contributed by atoms with Gasteiger partial charge in [-0.3, -0.25) is 19.9 Å². The number of carbonyl (C=O) groups is 2. The minimum absolute atomic E-state index is 0.0425. The Balaban J connectivity index is 1.74. The number of hydrogen-bond acceptors (Lipinski definition) is 5. The summed E-state index contributed by atoms with van der Waals surface area (Å²) in [7, 11) is 0. The molecule has 0 saturated carbocycles. The number of primary amides is 1. The number of carbonyl (C=O) groups excluding carboxylic acids is 2. The molecule has 114 valence electrons. The van der Waals surface area contributed by atoms with E-state index >= 15 is 0 Å². The van der Waals surface area contributed by atoms with Crippen LogP contribution in [0.2, 0.25) is 0 Å². The molecular formula is C14H20N4O3. The summed E-state index contributed by atoms with van der Waals surface area (Å²) in [5, 5.41) is 0. The molecule has 2 amide bonds. The van der Waals surface area contributed by atoms with Crippen molar-refractivity contribution in [2.75, 3.05) is 26.2 Å². The average Bonchev–Trinajstić information content (AvgIpc) is 2.96. The van der Waals surface area contributed by atoms with Gasteiger partial charge in [-0.2, -0.15) is 0 Å². The quantitative estimate of drug-likeness (QED) is 0.371. The van der Waals surface area contributed by atoms with Crippen molar-refractivity contribution in [2.24, 2.45) is 17.5 Å². The number of likely N-dealkylation sites (tertiary alicyclic amines) is 1. The molecule has 1 saturated heterocycles. The Labute approximate surface area is 123 Å². The summed E-state index contributed by atoms with van der Waals surface area (Å²) in [5.41, 5.74) is 7.84. The van der Waals surface area contributed by atoms with Gasteiger partial charge in [-0.1, -0.05) is 0 Å². The van der Waals surface area contributed by atoms with Crippen LogP contribution in [0.25, 0.3) is 0 Å². The molecule has 7 nitrogen and oxygen atoms in total. The van der Waals surface area contributed by atoms with E-state index in [1.54, 1.807) is 24.3 Å². The van der Waals surface area contributed by atoms with Crippen LogP contribution in [0.4, 0.5) is 0 Å². The number of amides is 2. The first-order valence-corrected chi connectivity index (χ1v) is 6.85. The fraction of sp³-hybridized carbons (Fsp3) is 0.429. The standard InChI is InChI=1S/C14H20N4O3/c15-13(19)11-5-6-18(9-11)7-8-21-12-3-1-10(2-4-12)14(20)17-16/h1-4,11H,5-9,16H2,(H2,15,19)(H,17,20). The van der Waals surface area contributed by atoms with E-state index in [0.29, 0.717) is 24.5 Å². The van der Waals surface area contributed by atoms with E-state index in [4.69, 9.17) is 16.3 Å². The molecule has 5 N–H and O–H groups in total. The lowest BCUT2D eigenvalue weighted by atomic mass is 10.1. The predicted molar refractivity (Wildman–Crippen MR) is 77.3 cm³/mol. The molecule has 1 heterocycles. The van der Waals surface area contributed by atoms with Crippen LogP contribution in [-0.4, -0.2) is 43.0 Å². The van der Waals surface area contributed by atoms with Crippen LogP contribution < -0.4 is 21.7 Å². The van der Waals surface area contributed by atoms with Gasteiger partial charge in [0.2, 0.25) is 5.91 Å². The van der Waals surface area contributed by atoms with Gasteiger partial charge in [-0.25, -0.2) is 5.84 Å². The van der Waals surface area contributed by atoms with E-state index in [2.05, 4.69) is 10.3 Å². The van der Waals surface area contributed by atoms with E-state index in [0.717, 1.165) is 19.5 Å². The SMILES string of the molecule is NNC(=O)c1ccc(OCCN2CCC(C(N)=O)C2)cc1. The summed E-state index contributed by atoms with van der Waals surface area (Å²) in [5.74, 6) is 5.14. The van der Waals surface area contributed by atoms with Crippen molar-refractivity contribution < 1.29 is 14.3 Å². The molecule has 7 heteroatoms. The molecule has 2 rings (SSSR count). The van der Waals surface area contributed by atoms with Gasteiger partial charge >= 0.3 is 0 Å². The molecule has 0 aliphatic carbocycles. The Kier molecular flexibility index (Phi) is 5.13. The van der Waals surface area contributed by atoms with Crippen LogP contribution in [0, 0.1) is 5.92 Å². The number of nitrogens with two attached hydrogens (primary N) is 2. The zero-order valence-electron chi connectivity index (χ0n) is 11.7. The fourth-order valence-electron chi connectivity index (χ4n) is 2.35. The molecule has 0 radical (unpaired) electrons. The number of ether oxygens (including phenoxy) is 1. The van der Waals surface area contributed by atoms with Crippen molar-refractivity contribution in [3.05, 3.63) is 29.8 Å². The van der Waals surface area contributed by atoms with Gasteiger partial charge in [0.25, 0.3) is 5.91 Å². The lowest BCUT2D eigenvalue weighted by Crippen LogP contribution is -2.30. The van der Waals surface area contributed by atoms with Gasteiger partial charge in [-0.05, 0) is 37.2 Å². The minimum Gasteiger partial charge on any atom is -0.492 e. The number of nitrogen functional groups attached to an aromatic ring is 1.